The Morgan fingerprint density at radius 1 is 0.947 bits per heavy atom. The van der Waals surface area contributed by atoms with Gasteiger partial charge in [-0.05, 0) is 56.2 Å². The van der Waals surface area contributed by atoms with E-state index in [0.717, 1.165) is 22.6 Å². The number of hydrogen-bond acceptors (Lipinski definition) is 9. The van der Waals surface area contributed by atoms with Crippen molar-refractivity contribution in [1.29, 1.82) is 0 Å². The topological polar surface area (TPSA) is 119 Å². The van der Waals surface area contributed by atoms with E-state index < -0.39 is 29.7 Å². The van der Waals surface area contributed by atoms with E-state index in [1.807, 2.05) is 62.4 Å². The summed E-state index contributed by atoms with van der Waals surface area (Å²) in [5.41, 5.74) is 1.45. The van der Waals surface area contributed by atoms with Crippen LogP contribution in [0.5, 0.6) is 23.0 Å². The van der Waals surface area contributed by atoms with Gasteiger partial charge in [0.25, 0.3) is 5.91 Å². The van der Waals surface area contributed by atoms with Crippen LogP contribution in [0.3, 0.4) is 0 Å². The lowest BCUT2D eigenvalue weighted by molar-refractivity contribution is -0.193. The van der Waals surface area contributed by atoms with Crippen molar-refractivity contribution < 1.29 is 33.7 Å². The van der Waals surface area contributed by atoms with Crippen LogP contribution in [0.4, 0.5) is 0 Å². The number of ether oxygens (including phenoxy) is 3. The first-order valence-electron chi connectivity index (χ1n) is 12.2. The van der Waals surface area contributed by atoms with E-state index in [4.69, 9.17) is 19.0 Å². The van der Waals surface area contributed by atoms with E-state index in [0.29, 0.717) is 13.2 Å². The molecular formula is C28H33N3O7. The van der Waals surface area contributed by atoms with E-state index >= 15 is 0 Å². The fraction of sp³-hybridized carbons (Fsp3) is 0.321. The van der Waals surface area contributed by atoms with Gasteiger partial charge in [-0.3, -0.25) is 4.79 Å². The van der Waals surface area contributed by atoms with Gasteiger partial charge in [-0.25, -0.2) is 9.78 Å². The number of methoxy groups -OCH3 is 1. The molecule has 0 bridgehead atoms. The molecule has 1 aromatic heterocycles. The monoisotopic (exact) mass is 523 g/mol. The van der Waals surface area contributed by atoms with Gasteiger partial charge < -0.3 is 29.5 Å². The van der Waals surface area contributed by atoms with E-state index in [9.17, 15) is 14.7 Å². The average Bonchev–Trinajstić information content (AvgIpc) is 2.91. The van der Waals surface area contributed by atoms with Gasteiger partial charge in [-0.15, -0.1) is 5.06 Å². The van der Waals surface area contributed by atoms with E-state index in [-0.39, 0.29) is 11.4 Å². The van der Waals surface area contributed by atoms with Crippen molar-refractivity contribution >= 4 is 11.9 Å². The molecule has 3 aromatic rings. The zero-order valence-corrected chi connectivity index (χ0v) is 22.1. The zero-order valence-electron chi connectivity index (χ0n) is 22.1. The summed E-state index contributed by atoms with van der Waals surface area (Å²) in [6.45, 7) is 6.40. The minimum absolute atomic E-state index is 0.0914. The number of carbonyl (C=O) groups excluding carboxylic acids is 2. The molecule has 0 aliphatic carbocycles. The third-order valence-electron chi connectivity index (χ3n) is 5.63. The Labute approximate surface area is 222 Å². The van der Waals surface area contributed by atoms with Crippen LogP contribution in [0.1, 0.15) is 48.4 Å². The highest BCUT2D eigenvalue weighted by atomic mass is 16.7. The third-order valence-corrected chi connectivity index (χ3v) is 5.63. The maximum atomic E-state index is 12.9. The Bertz CT molecular complexity index is 1170. The Kier molecular flexibility index (Phi) is 9.89. The van der Waals surface area contributed by atoms with Crippen LogP contribution in [-0.4, -0.2) is 60.4 Å². The molecule has 10 nitrogen and oxygen atoms in total. The number of aromatic hydroxyl groups is 1. The molecule has 1 unspecified atom stereocenters. The first-order chi connectivity index (χ1) is 18.3. The Morgan fingerprint density at radius 3 is 1.95 bits per heavy atom. The van der Waals surface area contributed by atoms with Crippen LogP contribution in [0.2, 0.25) is 0 Å². The second-order valence-electron chi connectivity index (χ2n) is 8.27. The number of benzene rings is 2. The number of aromatic nitrogens is 1. The van der Waals surface area contributed by atoms with Crippen molar-refractivity contribution in [3.8, 4) is 23.0 Å². The Hall–Kier alpha value is -4.31. The van der Waals surface area contributed by atoms with Gasteiger partial charge in [-0.1, -0.05) is 24.3 Å². The summed E-state index contributed by atoms with van der Waals surface area (Å²) in [7, 11) is 3.00. The summed E-state index contributed by atoms with van der Waals surface area (Å²) >= 11 is 0. The van der Waals surface area contributed by atoms with Crippen molar-refractivity contribution in [1.82, 2.24) is 15.4 Å². The molecule has 0 radical (unpaired) electrons. The van der Waals surface area contributed by atoms with Gasteiger partial charge in [0.1, 0.15) is 17.5 Å². The summed E-state index contributed by atoms with van der Waals surface area (Å²) in [5, 5.41) is 14.1. The first-order valence-corrected chi connectivity index (χ1v) is 12.2. The summed E-state index contributed by atoms with van der Waals surface area (Å²) in [6.07, 6.45) is 1.32. The molecule has 1 amide bonds. The molecule has 3 rings (SSSR count). The third kappa shape index (κ3) is 6.92. The second-order valence-corrected chi connectivity index (χ2v) is 8.27. The van der Waals surface area contributed by atoms with Crippen molar-refractivity contribution in [3.05, 3.63) is 77.6 Å². The van der Waals surface area contributed by atoms with Crippen molar-refractivity contribution in [2.24, 2.45) is 0 Å². The largest absolute Gasteiger partial charge is 0.503 e. The zero-order chi connectivity index (χ0) is 27.7. The lowest BCUT2D eigenvalue weighted by Crippen LogP contribution is -2.42. The van der Waals surface area contributed by atoms with Gasteiger partial charge >= 0.3 is 5.97 Å². The summed E-state index contributed by atoms with van der Waals surface area (Å²) in [6, 6.07) is 14.9. The quantitative estimate of drug-likeness (QED) is 0.341. The molecule has 10 heteroatoms. The predicted octanol–water partition coefficient (Wildman–Crippen LogP) is 3.89. The average molecular weight is 524 g/mol. The number of amides is 1. The normalized spacial score (nSPS) is 11.7. The van der Waals surface area contributed by atoms with E-state index in [2.05, 4.69) is 10.3 Å². The molecule has 1 heterocycles. The maximum absolute atomic E-state index is 12.9. The molecule has 2 aromatic carbocycles. The second kappa shape index (κ2) is 13.3. The molecule has 0 fully saturated rings. The van der Waals surface area contributed by atoms with Crippen LogP contribution in [0.15, 0.2) is 60.8 Å². The number of rotatable bonds is 12. The Morgan fingerprint density at radius 2 is 1.47 bits per heavy atom. The SMILES string of the molecule is CCOc1ccc(C(c2ccc(OCC)cc2)N(C)OC(=O)C(C)NC(=O)c2nccc(OC)c2O)cc1. The Balaban J connectivity index is 1.78. The molecule has 0 aliphatic heterocycles. The van der Waals surface area contributed by atoms with Gasteiger partial charge in [-0.2, -0.15) is 0 Å². The van der Waals surface area contributed by atoms with Gasteiger partial charge in [0.15, 0.2) is 17.2 Å². The first kappa shape index (κ1) is 28.3. The highest BCUT2D eigenvalue weighted by molar-refractivity contribution is 5.97. The molecule has 0 saturated carbocycles. The summed E-state index contributed by atoms with van der Waals surface area (Å²) in [4.78, 5) is 35.1. The number of pyridine rings is 1. The van der Waals surface area contributed by atoms with Crippen molar-refractivity contribution in [2.75, 3.05) is 27.4 Å². The number of nitrogens with one attached hydrogen (secondary N) is 1. The van der Waals surface area contributed by atoms with Crippen LogP contribution >= 0.6 is 0 Å². The standard InChI is InChI=1S/C28H33N3O7/c1-6-36-21-12-8-19(9-13-21)25(20-10-14-22(15-11-20)37-7-2)31(4)38-28(34)18(3)30-27(33)24-26(32)23(35-5)16-17-29-24/h8-18,25,32H,6-7H2,1-5H3,(H,30,33). The molecule has 0 spiro atoms. The van der Waals surface area contributed by atoms with E-state index in [1.54, 1.807) is 7.05 Å². The molecule has 0 aliphatic rings. The van der Waals surface area contributed by atoms with E-state index in [1.165, 1.54) is 31.4 Å². The van der Waals surface area contributed by atoms with Crippen LogP contribution in [0.25, 0.3) is 0 Å². The van der Waals surface area contributed by atoms with Crippen LogP contribution < -0.4 is 19.5 Å². The molecule has 1 atom stereocenters. The summed E-state index contributed by atoms with van der Waals surface area (Å²) < 4.78 is 16.1. The van der Waals surface area contributed by atoms with Crippen molar-refractivity contribution in [3.63, 3.8) is 0 Å². The van der Waals surface area contributed by atoms with Crippen molar-refractivity contribution in [2.45, 2.75) is 32.9 Å². The smallest absolute Gasteiger partial charge is 0.347 e. The molecule has 2 N–H and O–H groups in total. The van der Waals surface area contributed by atoms with Crippen LogP contribution in [-0.2, 0) is 9.63 Å². The van der Waals surface area contributed by atoms with Crippen LogP contribution in [0, 0.1) is 0 Å². The number of hydrogen-bond donors (Lipinski definition) is 2. The minimum atomic E-state index is -1.04. The number of carbonyl (C=O) groups is 2. The number of nitrogens with zero attached hydrogens (tertiary/aromatic N) is 2. The maximum Gasteiger partial charge on any atom is 0.347 e. The molecule has 0 saturated heterocycles. The fourth-order valence-electron chi connectivity index (χ4n) is 3.80. The minimum Gasteiger partial charge on any atom is -0.503 e. The highest BCUT2D eigenvalue weighted by Gasteiger charge is 2.27. The molecule has 202 valence electrons. The van der Waals surface area contributed by atoms with Gasteiger partial charge in [0.05, 0.1) is 26.4 Å². The summed E-state index contributed by atoms with van der Waals surface area (Å²) in [5.74, 6) is -0.322. The van der Waals surface area contributed by atoms with Gasteiger partial charge in [0, 0.05) is 19.3 Å². The predicted molar refractivity (Wildman–Crippen MR) is 140 cm³/mol. The lowest BCUT2D eigenvalue weighted by Gasteiger charge is -2.29. The lowest BCUT2D eigenvalue weighted by atomic mass is 9.98. The molecular weight excluding hydrogens is 490 g/mol. The van der Waals surface area contributed by atoms with Gasteiger partial charge in [0.2, 0.25) is 0 Å². The number of hydroxylamine groups is 2. The highest BCUT2D eigenvalue weighted by Crippen LogP contribution is 2.31. The fourth-order valence-corrected chi connectivity index (χ4v) is 3.80. The molecule has 38 heavy (non-hydrogen) atoms.